The van der Waals surface area contributed by atoms with Gasteiger partial charge in [-0.1, -0.05) is 24.2 Å². The van der Waals surface area contributed by atoms with Crippen LogP contribution in [0.15, 0.2) is 29.4 Å². The molecule has 0 aliphatic carbocycles. The average Bonchev–Trinajstić information content (AvgIpc) is 2.98. The Bertz CT molecular complexity index is 626. The fraction of sp³-hybridized carbons (Fsp3) is 0.529. The number of halogens is 1. The first kappa shape index (κ1) is 15.9. The first-order chi connectivity index (χ1) is 11.0. The number of benzene rings is 1. The summed E-state index contributed by atoms with van der Waals surface area (Å²) in [6, 6.07) is 6.21. The number of piperazine rings is 1. The highest BCUT2D eigenvalue weighted by Crippen LogP contribution is 2.29. The van der Waals surface area contributed by atoms with Gasteiger partial charge in [-0.05, 0) is 25.6 Å². The van der Waals surface area contributed by atoms with Gasteiger partial charge in [0, 0.05) is 38.2 Å². The van der Waals surface area contributed by atoms with E-state index in [9.17, 15) is 9.18 Å². The van der Waals surface area contributed by atoms with Crippen LogP contribution in [0.5, 0.6) is 0 Å². The molecule has 0 bridgehead atoms. The lowest BCUT2D eigenvalue weighted by Gasteiger charge is -2.37. The third kappa shape index (κ3) is 3.22. The maximum atomic E-state index is 13.4. The molecule has 2 aliphatic rings. The molecule has 3 rings (SSSR count). The molecule has 124 valence electrons. The molecule has 5 nitrogen and oxygen atoms in total. The third-order valence-corrected chi connectivity index (χ3v) is 4.58. The van der Waals surface area contributed by atoms with E-state index in [0.717, 1.165) is 19.6 Å². The standard InChI is InChI=1S/C17H22FN3O2/c1-3-20-7-9-21(10-8-20)16(22)17(2)12-15(19-23-17)13-5-4-6-14(18)11-13/h4-6,11H,3,7-10,12H2,1-2H3/t17-/m1/s1. The topological polar surface area (TPSA) is 45.1 Å². The van der Waals surface area contributed by atoms with Crippen LogP contribution in [0.4, 0.5) is 4.39 Å². The number of likely N-dealkylation sites (N-methyl/N-ethyl adjacent to an activating group) is 1. The van der Waals surface area contributed by atoms with Gasteiger partial charge in [-0.3, -0.25) is 4.79 Å². The monoisotopic (exact) mass is 319 g/mol. The molecular formula is C17H22FN3O2. The maximum Gasteiger partial charge on any atom is 0.269 e. The molecule has 0 radical (unpaired) electrons. The van der Waals surface area contributed by atoms with E-state index in [2.05, 4.69) is 17.0 Å². The molecule has 0 N–H and O–H groups in total. The lowest BCUT2D eigenvalue weighted by Crippen LogP contribution is -2.54. The molecular weight excluding hydrogens is 297 g/mol. The van der Waals surface area contributed by atoms with Crippen molar-refractivity contribution in [3.63, 3.8) is 0 Å². The summed E-state index contributed by atoms with van der Waals surface area (Å²) < 4.78 is 13.4. The maximum absolute atomic E-state index is 13.4. The Balaban J connectivity index is 1.66. The number of carbonyl (C=O) groups is 1. The second-order valence-electron chi connectivity index (χ2n) is 6.27. The van der Waals surface area contributed by atoms with Crippen molar-refractivity contribution in [1.29, 1.82) is 0 Å². The largest absolute Gasteiger partial charge is 0.379 e. The van der Waals surface area contributed by atoms with Crippen molar-refractivity contribution in [2.24, 2.45) is 5.16 Å². The number of hydrogen-bond acceptors (Lipinski definition) is 4. The quantitative estimate of drug-likeness (QED) is 0.854. The molecule has 0 unspecified atom stereocenters. The number of oxime groups is 1. The Morgan fingerprint density at radius 2 is 2.09 bits per heavy atom. The fourth-order valence-electron chi connectivity index (χ4n) is 3.08. The fourth-order valence-corrected chi connectivity index (χ4v) is 3.08. The van der Waals surface area contributed by atoms with Crippen LogP contribution in [0.2, 0.25) is 0 Å². The third-order valence-electron chi connectivity index (χ3n) is 4.58. The molecule has 0 aromatic heterocycles. The minimum absolute atomic E-state index is 0.0385. The van der Waals surface area contributed by atoms with Crippen LogP contribution in [0, 0.1) is 5.82 Å². The highest BCUT2D eigenvalue weighted by Gasteiger charge is 2.45. The van der Waals surface area contributed by atoms with E-state index < -0.39 is 5.60 Å². The summed E-state index contributed by atoms with van der Waals surface area (Å²) in [7, 11) is 0. The van der Waals surface area contributed by atoms with Gasteiger partial charge >= 0.3 is 0 Å². The first-order valence-corrected chi connectivity index (χ1v) is 8.04. The molecule has 2 aliphatic heterocycles. The molecule has 1 aromatic rings. The molecule has 0 spiro atoms. The summed E-state index contributed by atoms with van der Waals surface area (Å²) in [6.45, 7) is 8.08. The highest BCUT2D eigenvalue weighted by molar-refractivity contribution is 6.05. The molecule has 1 aromatic carbocycles. The molecule has 1 saturated heterocycles. The van der Waals surface area contributed by atoms with Crippen molar-refractivity contribution in [2.45, 2.75) is 25.9 Å². The number of carbonyl (C=O) groups excluding carboxylic acids is 1. The molecule has 0 saturated carbocycles. The van der Waals surface area contributed by atoms with E-state index in [-0.39, 0.29) is 11.7 Å². The minimum atomic E-state index is -0.990. The zero-order chi connectivity index (χ0) is 16.4. The lowest BCUT2D eigenvalue weighted by molar-refractivity contribution is -0.155. The second kappa shape index (κ2) is 6.28. The Morgan fingerprint density at radius 3 is 2.74 bits per heavy atom. The van der Waals surface area contributed by atoms with E-state index in [4.69, 9.17) is 4.84 Å². The number of rotatable bonds is 3. The molecule has 1 fully saturated rings. The van der Waals surface area contributed by atoms with Crippen LogP contribution in [0.25, 0.3) is 0 Å². The summed E-state index contributed by atoms with van der Waals surface area (Å²) in [5, 5.41) is 4.04. The molecule has 23 heavy (non-hydrogen) atoms. The molecule has 1 amide bonds. The molecule has 6 heteroatoms. The van der Waals surface area contributed by atoms with Gasteiger partial charge in [0.25, 0.3) is 5.91 Å². The van der Waals surface area contributed by atoms with Gasteiger partial charge in [-0.25, -0.2) is 4.39 Å². The van der Waals surface area contributed by atoms with Crippen molar-refractivity contribution in [3.8, 4) is 0 Å². The van der Waals surface area contributed by atoms with Gasteiger partial charge in [0.15, 0.2) is 0 Å². The Kier molecular flexibility index (Phi) is 4.35. The van der Waals surface area contributed by atoms with Crippen LogP contribution >= 0.6 is 0 Å². The average molecular weight is 319 g/mol. The van der Waals surface area contributed by atoms with Gasteiger partial charge in [0.1, 0.15) is 5.82 Å². The van der Waals surface area contributed by atoms with E-state index in [1.54, 1.807) is 19.1 Å². The van der Waals surface area contributed by atoms with Crippen molar-refractivity contribution in [1.82, 2.24) is 9.80 Å². The summed E-state index contributed by atoms with van der Waals surface area (Å²) >= 11 is 0. The van der Waals surface area contributed by atoms with Crippen molar-refractivity contribution in [2.75, 3.05) is 32.7 Å². The van der Waals surface area contributed by atoms with Gasteiger partial charge in [-0.2, -0.15) is 0 Å². The summed E-state index contributed by atoms with van der Waals surface area (Å²) in [4.78, 5) is 22.4. The van der Waals surface area contributed by atoms with Gasteiger partial charge in [-0.15, -0.1) is 0 Å². The summed E-state index contributed by atoms with van der Waals surface area (Å²) in [6.07, 6.45) is 0.364. The SMILES string of the molecule is CCN1CCN(C(=O)[C@@]2(C)CC(c3cccc(F)c3)=NO2)CC1. The Hall–Kier alpha value is -1.95. The van der Waals surface area contributed by atoms with Crippen molar-refractivity contribution in [3.05, 3.63) is 35.6 Å². The normalized spacial score (nSPS) is 25.2. The van der Waals surface area contributed by atoms with Gasteiger partial charge in [0.05, 0.1) is 5.71 Å². The van der Waals surface area contributed by atoms with Crippen LogP contribution in [-0.2, 0) is 9.63 Å². The summed E-state index contributed by atoms with van der Waals surface area (Å²) in [5.41, 5.74) is 0.292. The van der Waals surface area contributed by atoms with Crippen molar-refractivity contribution < 1.29 is 14.0 Å². The van der Waals surface area contributed by atoms with E-state index in [1.165, 1.54) is 12.1 Å². The zero-order valence-corrected chi connectivity index (χ0v) is 13.6. The highest BCUT2D eigenvalue weighted by atomic mass is 19.1. The lowest BCUT2D eigenvalue weighted by atomic mass is 9.94. The van der Waals surface area contributed by atoms with E-state index >= 15 is 0 Å². The predicted octanol–water partition coefficient (Wildman–Crippen LogP) is 1.87. The van der Waals surface area contributed by atoms with Crippen molar-refractivity contribution >= 4 is 11.6 Å². The molecule has 2 heterocycles. The second-order valence-corrected chi connectivity index (χ2v) is 6.27. The smallest absolute Gasteiger partial charge is 0.269 e. The van der Waals surface area contributed by atoms with Crippen LogP contribution < -0.4 is 0 Å². The van der Waals surface area contributed by atoms with E-state index in [1.807, 2.05) is 4.90 Å². The van der Waals surface area contributed by atoms with Crippen LogP contribution in [0.1, 0.15) is 25.8 Å². The Morgan fingerprint density at radius 1 is 1.35 bits per heavy atom. The number of amides is 1. The van der Waals surface area contributed by atoms with Crippen LogP contribution in [-0.4, -0.2) is 59.7 Å². The minimum Gasteiger partial charge on any atom is -0.379 e. The van der Waals surface area contributed by atoms with Gasteiger partial charge in [0.2, 0.25) is 5.60 Å². The predicted molar refractivity (Wildman–Crippen MR) is 85.7 cm³/mol. The first-order valence-electron chi connectivity index (χ1n) is 8.04. The number of nitrogens with zero attached hydrogens (tertiary/aromatic N) is 3. The summed E-state index contributed by atoms with van der Waals surface area (Å²) in [5.74, 6) is -0.357. The van der Waals surface area contributed by atoms with E-state index in [0.29, 0.717) is 30.8 Å². The zero-order valence-electron chi connectivity index (χ0n) is 13.6. The Labute approximate surface area is 135 Å². The number of hydrogen-bond donors (Lipinski definition) is 0. The van der Waals surface area contributed by atoms with Gasteiger partial charge < -0.3 is 14.6 Å². The van der Waals surface area contributed by atoms with Crippen LogP contribution in [0.3, 0.4) is 0 Å². The molecule has 1 atom stereocenters.